The van der Waals surface area contributed by atoms with Crippen molar-refractivity contribution in [1.29, 1.82) is 0 Å². The van der Waals surface area contributed by atoms with Crippen LogP contribution in [0.1, 0.15) is 22.1 Å². The Kier molecular flexibility index (Phi) is 3.99. The lowest BCUT2D eigenvalue weighted by molar-refractivity contribution is -0.137. The van der Waals surface area contributed by atoms with Crippen LogP contribution in [0.25, 0.3) is 0 Å². The average molecular weight is 307 g/mol. The Balaban J connectivity index is 2.29. The molecule has 0 saturated heterocycles. The third-order valence-electron chi connectivity index (χ3n) is 2.77. The minimum absolute atomic E-state index is 0.269. The zero-order chi connectivity index (χ0) is 14.9. The third-order valence-corrected chi connectivity index (χ3v) is 3.27. The van der Waals surface area contributed by atoms with Gasteiger partial charge in [0.05, 0.1) is 10.9 Å². The van der Waals surface area contributed by atoms with E-state index in [0.717, 1.165) is 24.3 Å². The zero-order valence-corrected chi connectivity index (χ0v) is 10.6. The van der Waals surface area contributed by atoms with E-state index in [1.807, 2.05) is 0 Å². The quantitative estimate of drug-likeness (QED) is 0.521. The molecule has 1 unspecified atom stereocenters. The Morgan fingerprint density at radius 2 is 1.35 bits per heavy atom. The summed E-state index contributed by atoms with van der Waals surface area (Å²) in [6.07, 6.45) is -4.43. The number of alkyl halides is 4. The van der Waals surface area contributed by atoms with E-state index in [9.17, 15) is 22.0 Å². The van der Waals surface area contributed by atoms with Crippen molar-refractivity contribution in [3.63, 3.8) is 0 Å². The number of benzene rings is 2. The molecule has 1 atom stereocenters. The fourth-order valence-corrected chi connectivity index (χ4v) is 1.98. The highest BCUT2D eigenvalue weighted by atomic mass is 35.5. The van der Waals surface area contributed by atoms with Crippen LogP contribution in [0.15, 0.2) is 42.5 Å². The van der Waals surface area contributed by atoms with E-state index in [2.05, 4.69) is 0 Å². The molecule has 0 bridgehead atoms. The van der Waals surface area contributed by atoms with Crippen molar-refractivity contribution in [1.82, 2.24) is 0 Å². The molecule has 6 heteroatoms. The van der Waals surface area contributed by atoms with Crippen LogP contribution >= 0.6 is 11.6 Å². The molecule has 0 aliphatic carbocycles. The maximum atomic E-state index is 13.1. The molecule has 0 radical (unpaired) electrons. The van der Waals surface area contributed by atoms with Gasteiger partial charge in [-0.15, -0.1) is 11.6 Å². The summed E-state index contributed by atoms with van der Waals surface area (Å²) in [4.78, 5) is 0. The highest BCUT2D eigenvalue weighted by Gasteiger charge is 2.30. The molecule has 0 spiro atoms. The van der Waals surface area contributed by atoms with Crippen molar-refractivity contribution < 1.29 is 22.0 Å². The first-order valence-corrected chi connectivity index (χ1v) is 5.99. The maximum absolute atomic E-state index is 13.1. The predicted octanol–water partition coefficient (Wildman–Crippen LogP) is 5.31. The molecule has 2 rings (SSSR count). The largest absolute Gasteiger partial charge is 0.416 e. The molecular weight excluding hydrogens is 299 g/mol. The van der Waals surface area contributed by atoms with Gasteiger partial charge in [-0.2, -0.15) is 13.2 Å². The number of halogens is 6. The molecule has 0 aromatic heterocycles. The molecule has 2 aromatic carbocycles. The Hall–Kier alpha value is -1.62. The molecule has 106 valence electrons. The third kappa shape index (κ3) is 3.10. The molecule has 0 nitrogen and oxygen atoms in total. The van der Waals surface area contributed by atoms with Gasteiger partial charge in [-0.05, 0) is 35.4 Å². The Labute approximate surface area is 116 Å². The van der Waals surface area contributed by atoms with Gasteiger partial charge in [0, 0.05) is 0 Å². The molecule has 0 saturated carbocycles. The van der Waals surface area contributed by atoms with Crippen LogP contribution in [0, 0.1) is 11.6 Å². The second kappa shape index (κ2) is 5.40. The van der Waals surface area contributed by atoms with Gasteiger partial charge in [0.15, 0.2) is 11.6 Å². The van der Waals surface area contributed by atoms with Crippen LogP contribution in [0.5, 0.6) is 0 Å². The normalized spacial score (nSPS) is 13.3. The van der Waals surface area contributed by atoms with Crippen LogP contribution in [0.4, 0.5) is 22.0 Å². The molecular formula is C14H8ClF5. The van der Waals surface area contributed by atoms with E-state index in [-0.39, 0.29) is 5.56 Å². The SMILES string of the molecule is Fc1ccc(C(Cl)c2ccc(C(F)(F)F)cc2)cc1F. The first-order chi connectivity index (χ1) is 9.29. The number of hydrogen-bond donors (Lipinski definition) is 0. The lowest BCUT2D eigenvalue weighted by Crippen LogP contribution is -2.05. The first-order valence-electron chi connectivity index (χ1n) is 5.55. The Bertz CT molecular complexity index is 604. The van der Waals surface area contributed by atoms with Gasteiger partial charge in [-0.3, -0.25) is 0 Å². The Morgan fingerprint density at radius 1 is 0.800 bits per heavy atom. The summed E-state index contributed by atoms with van der Waals surface area (Å²) in [7, 11) is 0. The summed E-state index contributed by atoms with van der Waals surface area (Å²) in [6, 6.07) is 7.33. The van der Waals surface area contributed by atoms with Gasteiger partial charge >= 0.3 is 6.18 Å². The standard InChI is InChI=1S/C14H8ClF5/c15-13(9-3-6-11(16)12(17)7-9)8-1-4-10(5-2-8)14(18,19)20/h1-7,13H. The van der Waals surface area contributed by atoms with Crippen molar-refractivity contribution in [3.8, 4) is 0 Å². The van der Waals surface area contributed by atoms with Gasteiger partial charge < -0.3 is 0 Å². The van der Waals surface area contributed by atoms with E-state index in [4.69, 9.17) is 11.6 Å². The molecule has 0 aliphatic rings. The van der Waals surface area contributed by atoms with Gasteiger partial charge in [0.2, 0.25) is 0 Å². The van der Waals surface area contributed by atoms with Crippen LogP contribution in [0.3, 0.4) is 0 Å². The van der Waals surface area contributed by atoms with Gasteiger partial charge in [-0.1, -0.05) is 18.2 Å². The van der Waals surface area contributed by atoms with Crippen LogP contribution in [-0.4, -0.2) is 0 Å². The molecule has 0 aliphatic heterocycles. The van der Waals surface area contributed by atoms with Crippen molar-refractivity contribution in [2.45, 2.75) is 11.6 Å². The summed E-state index contributed by atoms with van der Waals surface area (Å²) >= 11 is 6.05. The molecule has 20 heavy (non-hydrogen) atoms. The van der Waals surface area contributed by atoms with E-state index >= 15 is 0 Å². The lowest BCUT2D eigenvalue weighted by Gasteiger charge is -2.12. The zero-order valence-electron chi connectivity index (χ0n) is 9.89. The minimum atomic E-state index is -4.43. The van der Waals surface area contributed by atoms with E-state index in [1.165, 1.54) is 18.2 Å². The highest BCUT2D eigenvalue weighted by molar-refractivity contribution is 6.22. The topological polar surface area (TPSA) is 0 Å². The lowest BCUT2D eigenvalue weighted by atomic mass is 10.0. The van der Waals surface area contributed by atoms with E-state index in [0.29, 0.717) is 5.56 Å². The predicted molar refractivity (Wildman–Crippen MR) is 65.5 cm³/mol. The molecule has 0 heterocycles. The van der Waals surface area contributed by atoms with Crippen molar-refractivity contribution >= 4 is 11.6 Å². The van der Waals surface area contributed by atoms with Gasteiger partial charge in [0.25, 0.3) is 0 Å². The van der Waals surface area contributed by atoms with E-state index < -0.39 is 28.8 Å². The average Bonchev–Trinajstić information content (AvgIpc) is 2.40. The second-order valence-electron chi connectivity index (χ2n) is 4.16. The van der Waals surface area contributed by atoms with Crippen LogP contribution in [0.2, 0.25) is 0 Å². The molecule has 2 aromatic rings. The fourth-order valence-electron chi connectivity index (χ4n) is 1.70. The fraction of sp³-hybridized carbons (Fsp3) is 0.143. The first kappa shape index (κ1) is 14.8. The van der Waals surface area contributed by atoms with Crippen molar-refractivity contribution in [3.05, 3.63) is 70.8 Å². The second-order valence-corrected chi connectivity index (χ2v) is 4.59. The maximum Gasteiger partial charge on any atom is 0.416 e. The molecule has 0 N–H and O–H groups in total. The van der Waals surface area contributed by atoms with Gasteiger partial charge in [0.1, 0.15) is 0 Å². The summed E-state index contributed by atoms with van der Waals surface area (Å²) in [6.45, 7) is 0. The van der Waals surface area contributed by atoms with Crippen LogP contribution < -0.4 is 0 Å². The summed E-state index contributed by atoms with van der Waals surface area (Å²) in [5, 5.41) is -0.854. The summed E-state index contributed by atoms with van der Waals surface area (Å²) in [5.41, 5.74) is -0.161. The summed E-state index contributed by atoms with van der Waals surface area (Å²) < 4.78 is 63.1. The highest BCUT2D eigenvalue weighted by Crippen LogP contribution is 2.33. The van der Waals surface area contributed by atoms with Crippen LogP contribution in [-0.2, 0) is 6.18 Å². The molecule has 0 fully saturated rings. The monoisotopic (exact) mass is 306 g/mol. The van der Waals surface area contributed by atoms with Crippen molar-refractivity contribution in [2.24, 2.45) is 0 Å². The minimum Gasteiger partial charge on any atom is -0.204 e. The smallest absolute Gasteiger partial charge is 0.204 e. The van der Waals surface area contributed by atoms with Crippen molar-refractivity contribution in [2.75, 3.05) is 0 Å². The molecule has 0 amide bonds. The number of rotatable bonds is 2. The summed E-state index contributed by atoms with van der Waals surface area (Å²) in [5.74, 6) is -2.06. The van der Waals surface area contributed by atoms with E-state index in [1.54, 1.807) is 0 Å². The number of hydrogen-bond acceptors (Lipinski definition) is 0. The Morgan fingerprint density at radius 3 is 1.85 bits per heavy atom. The van der Waals surface area contributed by atoms with Gasteiger partial charge in [-0.25, -0.2) is 8.78 Å².